The molecule has 16 heavy (non-hydrogen) atoms. The smallest absolute Gasteiger partial charge is 0.122 e. The number of benzene rings is 1. The van der Waals surface area contributed by atoms with Gasteiger partial charge in [-0.15, -0.1) is 0 Å². The molecule has 86 valence electrons. The van der Waals surface area contributed by atoms with E-state index < -0.39 is 0 Å². The average molecular weight is 220 g/mol. The maximum absolute atomic E-state index is 9.14. The lowest BCUT2D eigenvalue weighted by Crippen LogP contribution is -2.47. The molecule has 2 aliphatic heterocycles. The molecule has 3 heteroatoms. The third kappa shape index (κ3) is 1.43. The highest BCUT2D eigenvalue weighted by atomic mass is 16.5. The fraction of sp³-hybridized carbons (Fsp3) is 0.538. The Morgan fingerprint density at radius 1 is 1.31 bits per heavy atom. The Kier molecular flexibility index (Phi) is 2.37. The highest BCUT2D eigenvalue weighted by Crippen LogP contribution is 2.38. The Hall–Kier alpha value is -1.06. The van der Waals surface area contributed by atoms with Crippen LogP contribution in [-0.2, 0) is 16.6 Å². The summed E-state index contributed by atoms with van der Waals surface area (Å²) in [7, 11) is 0. The molecule has 0 atom stereocenters. The van der Waals surface area contributed by atoms with Crippen LogP contribution >= 0.6 is 0 Å². The van der Waals surface area contributed by atoms with E-state index in [9.17, 15) is 0 Å². The van der Waals surface area contributed by atoms with Crippen LogP contribution in [0.15, 0.2) is 18.2 Å². The molecule has 0 bridgehead atoms. The third-order valence-corrected chi connectivity index (χ3v) is 3.65. The highest BCUT2D eigenvalue weighted by Gasteiger charge is 2.40. The summed E-state index contributed by atoms with van der Waals surface area (Å²) in [6, 6.07) is 6.39. The fourth-order valence-electron chi connectivity index (χ4n) is 2.53. The van der Waals surface area contributed by atoms with Gasteiger partial charge in [0.15, 0.2) is 0 Å². The zero-order valence-electron chi connectivity index (χ0n) is 9.24. The average Bonchev–Trinajstić information content (AvgIpc) is 2.70. The second-order valence-electron chi connectivity index (χ2n) is 4.67. The van der Waals surface area contributed by atoms with Gasteiger partial charge in [-0.3, -0.25) is 0 Å². The van der Waals surface area contributed by atoms with Crippen LogP contribution in [0.5, 0.6) is 5.75 Å². The molecule has 0 spiro atoms. The van der Waals surface area contributed by atoms with Crippen LogP contribution in [0, 0.1) is 0 Å². The summed E-state index contributed by atoms with van der Waals surface area (Å²) >= 11 is 0. The molecule has 1 aromatic carbocycles. The number of fused-ring (bicyclic) bond motifs is 1. The Bertz CT molecular complexity index is 396. The van der Waals surface area contributed by atoms with Gasteiger partial charge in [0, 0.05) is 18.4 Å². The predicted octanol–water partition coefficient (Wildman–Crippen LogP) is 1.27. The van der Waals surface area contributed by atoms with Crippen molar-refractivity contribution in [3.8, 4) is 5.75 Å². The Labute approximate surface area is 95.0 Å². The molecule has 0 unspecified atom stereocenters. The molecule has 0 amide bonds. The first-order valence-electron chi connectivity index (χ1n) is 5.79. The second kappa shape index (κ2) is 3.75. The van der Waals surface area contributed by atoms with E-state index >= 15 is 0 Å². The standard InChI is InChI=1S/C13H16O3/c14-5-4-13(8-15-9-13)11-1-2-12-10(7-11)3-6-16-12/h1-2,7,14H,3-6,8-9H2. The van der Waals surface area contributed by atoms with Crippen molar-refractivity contribution in [2.75, 3.05) is 26.4 Å². The van der Waals surface area contributed by atoms with E-state index in [0.29, 0.717) is 0 Å². The lowest BCUT2D eigenvalue weighted by atomic mass is 9.75. The SMILES string of the molecule is OCCC1(c2ccc3c(c2)CCO3)COC1. The number of aliphatic hydroxyl groups excluding tert-OH is 1. The number of ether oxygens (including phenoxy) is 2. The molecule has 3 rings (SSSR count). The normalized spacial score (nSPS) is 21.1. The summed E-state index contributed by atoms with van der Waals surface area (Å²) in [5, 5.41) is 9.14. The minimum atomic E-state index is 0.0480. The van der Waals surface area contributed by atoms with Crippen LogP contribution < -0.4 is 4.74 Å². The monoisotopic (exact) mass is 220 g/mol. The Morgan fingerprint density at radius 3 is 2.88 bits per heavy atom. The van der Waals surface area contributed by atoms with E-state index in [4.69, 9.17) is 14.6 Å². The summed E-state index contributed by atoms with van der Waals surface area (Å²) in [5.74, 6) is 1.02. The van der Waals surface area contributed by atoms with Gasteiger partial charge < -0.3 is 14.6 Å². The molecule has 3 nitrogen and oxygen atoms in total. The number of hydrogen-bond donors (Lipinski definition) is 1. The van der Waals surface area contributed by atoms with Crippen molar-refractivity contribution in [3.05, 3.63) is 29.3 Å². The van der Waals surface area contributed by atoms with Gasteiger partial charge in [-0.25, -0.2) is 0 Å². The van der Waals surface area contributed by atoms with Crippen molar-refractivity contribution < 1.29 is 14.6 Å². The molecule has 0 aliphatic carbocycles. The van der Waals surface area contributed by atoms with E-state index in [1.165, 1.54) is 11.1 Å². The van der Waals surface area contributed by atoms with Gasteiger partial charge in [0.25, 0.3) is 0 Å². The molecule has 1 N–H and O–H groups in total. The van der Waals surface area contributed by atoms with Crippen molar-refractivity contribution >= 4 is 0 Å². The maximum Gasteiger partial charge on any atom is 0.122 e. The van der Waals surface area contributed by atoms with Crippen LogP contribution in [0.1, 0.15) is 17.5 Å². The van der Waals surface area contributed by atoms with Crippen molar-refractivity contribution in [2.45, 2.75) is 18.3 Å². The van der Waals surface area contributed by atoms with Gasteiger partial charge >= 0.3 is 0 Å². The van der Waals surface area contributed by atoms with E-state index in [2.05, 4.69) is 18.2 Å². The first-order chi connectivity index (χ1) is 7.84. The van der Waals surface area contributed by atoms with Crippen molar-refractivity contribution in [2.24, 2.45) is 0 Å². The minimum Gasteiger partial charge on any atom is -0.493 e. The number of aliphatic hydroxyl groups is 1. The molecular formula is C13H16O3. The van der Waals surface area contributed by atoms with Gasteiger partial charge in [-0.1, -0.05) is 12.1 Å². The largest absolute Gasteiger partial charge is 0.493 e. The summed E-state index contributed by atoms with van der Waals surface area (Å²) < 4.78 is 10.8. The summed E-state index contributed by atoms with van der Waals surface area (Å²) in [4.78, 5) is 0. The van der Waals surface area contributed by atoms with E-state index in [1.54, 1.807) is 0 Å². The van der Waals surface area contributed by atoms with Gasteiger partial charge in [0.05, 0.1) is 19.8 Å². The van der Waals surface area contributed by atoms with Crippen LogP contribution in [0.25, 0.3) is 0 Å². The lowest BCUT2D eigenvalue weighted by Gasteiger charge is -2.41. The molecule has 2 aliphatic rings. The topological polar surface area (TPSA) is 38.7 Å². The first-order valence-corrected chi connectivity index (χ1v) is 5.79. The first kappa shape index (κ1) is 10.1. The Morgan fingerprint density at radius 2 is 2.19 bits per heavy atom. The van der Waals surface area contributed by atoms with Gasteiger partial charge in [-0.05, 0) is 23.6 Å². The number of rotatable bonds is 3. The maximum atomic E-state index is 9.14. The molecule has 0 radical (unpaired) electrons. The van der Waals surface area contributed by atoms with Crippen LogP contribution in [-0.4, -0.2) is 31.5 Å². The third-order valence-electron chi connectivity index (χ3n) is 3.65. The predicted molar refractivity (Wildman–Crippen MR) is 59.8 cm³/mol. The van der Waals surface area contributed by atoms with E-state index in [1.807, 2.05) is 0 Å². The molecule has 1 fully saturated rings. The van der Waals surface area contributed by atoms with E-state index in [0.717, 1.165) is 38.4 Å². The van der Waals surface area contributed by atoms with E-state index in [-0.39, 0.29) is 12.0 Å². The highest BCUT2D eigenvalue weighted by molar-refractivity contribution is 5.43. The summed E-state index contributed by atoms with van der Waals surface area (Å²) in [6.45, 7) is 2.47. The molecule has 0 saturated carbocycles. The van der Waals surface area contributed by atoms with Crippen molar-refractivity contribution in [3.63, 3.8) is 0 Å². The van der Waals surface area contributed by atoms with Gasteiger partial charge in [0.2, 0.25) is 0 Å². The van der Waals surface area contributed by atoms with Crippen LogP contribution in [0.4, 0.5) is 0 Å². The quantitative estimate of drug-likeness (QED) is 0.833. The second-order valence-corrected chi connectivity index (χ2v) is 4.67. The summed E-state index contributed by atoms with van der Waals surface area (Å²) in [6.07, 6.45) is 1.78. The molecular weight excluding hydrogens is 204 g/mol. The van der Waals surface area contributed by atoms with Gasteiger partial charge in [-0.2, -0.15) is 0 Å². The number of hydrogen-bond acceptors (Lipinski definition) is 3. The Balaban J connectivity index is 1.93. The fourth-order valence-corrected chi connectivity index (χ4v) is 2.53. The lowest BCUT2D eigenvalue weighted by molar-refractivity contribution is -0.0701. The van der Waals surface area contributed by atoms with Gasteiger partial charge in [0.1, 0.15) is 5.75 Å². The van der Waals surface area contributed by atoms with Crippen molar-refractivity contribution in [1.29, 1.82) is 0 Å². The summed E-state index contributed by atoms with van der Waals surface area (Å²) in [5.41, 5.74) is 2.63. The molecule has 0 aromatic heterocycles. The van der Waals surface area contributed by atoms with Crippen LogP contribution in [0.3, 0.4) is 0 Å². The zero-order chi connectivity index (χ0) is 11.0. The van der Waals surface area contributed by atoms with Crippen molar-refractivity contribution in [1.82, 2.24) is 0 Å². The molecule has 1 saturated heterocycles. The molecule has 2 heterocycles. The molecule has 1 aromatic rings. The minimum absolute atomic E-state index is 0.0480. The zero-order valence-corrected chi connectivity index (χ0v) is 9.24. The van der Waals surface area contributed by atoms with Crippen LogP contribution in [0.2, 0.25) is 0 Å².